The Morgan fingerprint density at radius 2 is 2.20 bits per heavy atom. The van der Waals surface area contributed by atoms with Gasteiger partial charge < -0.3 is 20.9 Å². The Morgan fingerprint density at radius 3 is 2.96 bits per heavy atom. The van der Waals surface area contributed by atoms with Crippen molar-refractivity contribution in [3.05, 3.63) is 35.6 Å². The van der Waals surface area contributed by atoms with Crippen LogP contribution in [0.4, 0.5) is 0 Å². The number of carbonyl (C=O) groups excluding carboxylic acids is 1. The van der Waals surface area contributed by atoms with Gasteiger partial charge in [0, 0.05) is 18.0 Å². The molecule has 0 bridgehead atoms. The van der Waals surface area contributed by atoms with Crippen LogP contribution >= 0.6 is 0 Å². The summed E-state index contributed by atoms with van der Waals surface area (Å²) in [4.78, 5) is 16.1. The molecule has 1 amide bonds. The molecule has 1 saturated carbocycles. The van der Waals surface area contributed by atoms with Crippen LogP contribution in [0.1, 0.15) is 25.7 Å². The number of nitrogens with zero attached hydrogens (tertiary/aromatic N) is 1. The lowest BCUT2D eigenvalue weighted by Crippen LogP contribution is -2.51. The van der Waals surface area contributed by atoms with E-state index in [0.29, 0.717) is 18.9 Å². The number of amidine groups is 1. The number of primary amides is 1. The Labute approximate surface area is 146 Å². The van der Waals surface area contributed by atoms with Gasteiger partial charge in [-0.25, -0.2) is 4.99 Å². The molecule has 130 valence electrons. The highest BCUT2D eigenvalue weighted by atomic mass is 16.5. The van der Waals surface area contributed by atoms with E-state index >= 15 is 0 Å². The van der Waals surface area contributed by atoms with Gasteiger partial charge in [-0.3, -0.25) is 4.79 Å². The maximum Gasteiger partial charge on any atom is 0.283 e. The molecule has 4 aliphatic rings. The van der Waals surface area contributed by atoms with Crippen LogP contribution in [0.3, 0.4) is 0 Å². The van der Waals surface area contributed by atoms with Crippen LogP contribution in [0.5, 0.6) is 0 Å². The number of hydrogen-bond acceptors (Lipinski definition) is 5. The van der Waals surface area contributed by atoms with E-state index in [1.54, 1.807) is 0 Å². The van der Waals surface area contributed by atoms with Gasteiger partial charge in [-0.1, -0.05) is 11.8 Å². The van der Waals surface area contributed by atoms with Crippen molar-refractivity contribution in [3.8, 4) is 11.8 Å². The molecule has 2 atom stereocenters. The molecule has 4 N–H and O–H groups in total. The minimum absolute atomic E-state index is 0.0952. The number of amides is 1. The molecule has 1 saturated heterocycles. The van der Waals surface area contributed by atoms with Crippen LogP contribution in [-0.4, -0.2) is 41.1 Å². The van der Waals surface area contributed by atoms with Gasteiger partial charge >= 0.3 is 0 Å². The first-order chi connectivity index (χ1) is 12.0. The number of rotatable bonds is 1. The standard InChI is InChI=1S/C19H21N3O3/c20-16(23)17-21-11-14-12-25-15-4-3-13(6-10-19(14,15)22-17)5-9-18(24)7-1-2-8-18/h3-4,6,10,14,24H,1-2,7-8,11-12H2,(H2,20,23)(H,21,22). The van der Waals surface area contributed by atoms with Crippen LogP contribution in [0.25, 0.3) is 0 Å². The average molecular weight is 339 g/mol. The lowest BCUT2D eigenvalue weighted by atomic mass is 9.83. The number of hydrogen-bond donors (Lipinski definition) is 3. The fourth-order valence-corrected chi connectivity index (χ4v) is 3.81. The third-order valence-corrected chi connectivity index (χ3v) is 5.30. The second kappa shape index (κ2) is 5.78. The van der Waals surface area contributed by atoms with Crippen molar-refractivity contribution in [1.82, 2.24) is 5.32 Å². The normalized spacial score (nSPS) is 31.7. The van der Waals surface area contributed by atoms with Crippen molar-refractivity contribution >= 4 is 11.7 Å². The second-order valence-corrected chi connectivity index (χ2v) is 7.01. The molecule has 0 aromatic heterocycles. The third kappa shape index (κ3) is 2.75. The fourth-order valence-electron chi connectivity index (χ4n) is 3.81. The highest BCUT2D eigenvalue weighted by molar-refractivity contribution is 6.37. The van der Waals surface area contributed by atoms with Gasteiger partial charge in [0.2, 0.25) is 0 Å². The van der Waals surface area contributed by atoms with E-state index in [4.69, 9.17) is 10.5 Å². The van der Waals surface area contributed by atoms with E-state index in [2.05, 4.69) is 22.2 Å². The van der Waals surface area contributed by atoms with Crippen LogP contribution in [-0.2, 0) is 9.53 Å². The van der Waals surface area contributed by atoms with E-state index in [0.717, 1.165) is 31.3 Å². The fraction of sp³-hybridized carbons (Fsp3) is 0.474. The number of nitrogens with two attached hydrogens (primary N) is 1. The van der Waals surface area contributed by atoms with Gasteiger partial charge in [0.1, 0.15) is 16.9 Å². The molecule has 25 heavy (non-hydrogen) atoms. The summed E-state index contributed by atoms with van der Waals surface area (Å²) in [7, 11) is 0. The molecule has 2 unspecified atom stereocenters. The van der Waals surface area contributed by atoms with Gasteiger partial charge in [-0.05, 0) is 50.0 Å². The zero-order valence-corrected chi connectivity index (χ0v) is 13.9. The summed E-state index contributed by atoms with van der Waals surface area (Å²) in [5.74, 6) is 6.48. The maximum absolute atomic E-state index is 11.5. The highest BCUT2D eigenvalue weighted by Gasteiger charge is 2.50. The SMILES string of the molecule is NC(=O)C1=NC23C=CC(C#CC4(O)CCCC4)=CC=C2OCC3CN1. The number of allylic oxidation sites excluding steroid dienone is 4. The quantitative estimate of drug-likeness (QED) is 0.608. The Morgan fingerprint density at radius 1 is 1.40 bits per heavy atom. The zero-order valence-electron chi connectivity index (χ0n) is 13.9. The molecule has 2 aliphatic heterocycles. The zero-order chi connectivity index (χ0) is 17.5. The van der Waals surface area contributed by atoms with Gasteiger partial charge in [0.05, 0.1) is 6.61 Å². The smallest absolute Gasteiger partial charge is 0.283 e. The van der Waals surface area contributed by atoms with Crippen LogP contribution in [0.15, 0.2) is 40.6 Å². The molecule has 2 fully saturated rings. The number of ether oxygens (including phenoxy) is 1. The van der Waals surface area contributed by atoms with E-state index < -0.39 is 17.0 Å². The largest absolute Gasteiger partial charge is 0.494 e. The maximum atomic E-state index is 11.5. The Kier molecular flexibility index (Phi) is 3.69. The number of aliphatic imine (C=N–C) groups is 1. The summed E-state index contributed by atoms with van der Waals surface area (Å²) in [6.07, 6.45) is 11.0. The number of nitrogens with one attached hydrogen (secondary N) is 1. The monoisotopic (exact) mass is 339 g/mol. The first kappa shape index (κ1) is 16.0. The van der Waals surface area contributed by atoms with Gasteiger partial charge in [-0.2, -0.15) is 0 Å². The summed E-state index contributed by atoms with van der Waals surface area (Å²) < 4.78 is 5.82. The molecule has 0 radical (unpaired) electrons. The summed E-state index contributed by atoms with van der Waals surface area (Å²) in [5, 5.41) is 13.4. The van der Waals surface area contributed by atoms with Crippen molar-refractivity contribution in [2.75, 3.05) is 13.2 Å². The molecular formula is C19H21N3O3. The first-order valence-corrected chi connectivity index (χ1v) is 8.64. The van der Waals surface area contributed by atoms with Gasteiger partial charge in [0.15, 0.2) is 5.84 Å². The van der Waals surface area contributed by atoms with Crippen molar-refractivity contribution in [2.45, 2.75) is 36.8 Å². The van der Waals surface area contributed by atoms with Crippen molar-refractivity contribution in [2.24, 2.45) is 16.6 Å². The summed E-state index contributed by atoms with van der Waals surface area (Å²) in [5.41, 5.74) is 4.60. The molecule has 6 heteroatoms. The Hall–Kier alpha value is -2.52. The highest BCUT2D eigenvalue weighted by Crippen LogP contribution is 2.42. The second-order valence-electron chi connectivity index (χ2n) is 7.01. The van der Waals surface area contributed by atoms with E-state index in [1.165, 1.54) is 0 Å². The van der Waals surface area contributed by atoms with Crippen molar-refractivity contribution in [1.29, 1.82) is 0 Å². The lowest BCUT2D eigenvalue weighted by molar-refractivity contribution is -0.112. The molecule has 2 heterocycles. The van der Waals surface area contributed by atoms with Crippen molar-refractivity contribution in [3.63, 3.8) is 0 Å². The lowest BCUT2D eigenvalue weighted by Gasteiger charge is -2.31. The molecule has 1 spiro atoms. The van der Waals surface area contributed by atoms with E-state index in [1.807, 2.05) is 24.3 Å². The summed E-state index contributed by atoms with van der Waals surface area (Å²) in [6, 6.07) is 0. The van der Waals surface area contributed by atoms with Crippen LogP contribution < -0.4 is 11.1 Å². The molecule has 2 aliphatic carbocycles. The topological polar surface area (TPSA) is 96.9 Å². The van der Waals surface area contributed by atoms with E-state index in [-0.39, 0.29) is 11.8 Å². The van der Waals surface area contributed by atoms with E-state index in [9.17, 15) is 9.90 Å². The molecule has 0 aromatic carbocycles. The molecular weight excluding hydrogens is 318 g/mol. The van der Waals surface area contributed by atoms with Crippen molar-refractivity contribution < 1.29 is 14.6 Å². The average Bonchev–Trinajstić information content (AvgIpc) is 3.14. The number of aliphatic hydroxyl groups is 1. The third-order valence-electron chi connectivity index (χ3n) is 5.30. The minimum Gasteiger partial charge on any atom is -0.494 e. The summed E-state index contributed by atoms with van der Waals surface area (Å²) in [6.45, 7) is 1.11. The van der Waals surface area contributed by atoms with Crippen LogP contribution in [0, 0.1) is 17.8 Å². The minimum atomic E-state index is -0.868. The predicted octanol–water partition coefficient (Wildman–Crippen LogP) is 0.547. The molecule has 4 rings (SSSR count). The molecule has 0 aromatic rings. The summed E-state index contributed by atoms with van der Waals surface area (Å²) >= 11 is 0. The number of carbonyl (C=O) groups is 1. The molecule has 6 nitrogen and oxygen atoms in total. The van der Waals surface area contributed by atoms with Gasteiger partial charge in [0.25, 0.3) is 5.91 Å². The Balaban J connectivity index is 1.67. The first-order valence-electron chi connectivity index (χ1n) is 8.64. The Bertz CT molecular complexity index is 790. The van der Waals surface area contributed by atoms with Gasteiger partial charge in [-0.15, -0.1) is 0 Å². The van der Waals surface area contributed by atoms with Crippen LogP contribution in [0.2, 0.25) is 0 Å². The predicted molar refractivity (Wildman–Crippen MR) is 93.3 cm³/mol.